The number of aryl methyl sites for hydroxylation is 1. The number of ether oxygens (including phenoxy) is 1. The van der Waals surface area contributed by atoms with Gasteiger partial charge in [0.15, 0.2) is 11.6 Å². The molecule has 2 aromatic carbocycles. The molecule has 0 bridgehead atoms. The van der Waals surface area contributed by atoms with E-state index in [0.29, 0.717) is 10.4 Å². The van der Waals surface area contributed by atoms with Gasteiger partial charge in [0, 0.05) is 5.39 Å². The van der Waals surface area contributed by atoms with E-state index in [4.69, 9.17) is 4.74 Å². The summed E-state index contributed by atoms with van der Waals surface area (Å²) in [4.78, 5) is 13.7. The normalized spacial score (nSPS) is 11.1. The van der Waals surface area contributed by atoms with Gasteiger partial charge < -0.3 is 4.74 Å². The van der Waals surface area contributed by atoms with Crippen molar-refractivity contribution in [3.05, 3.63) is 82.4 Å². The lowest BCUT2D eigenvalue weighted by atomic mass is 10.2. The molecule has 4 aromatic rings. The highest BCUT2D eigenvalue weighted by molar-refractivity contribution is 7.20. The third kappa shape index (κ3) is 3.33. The molecule has 0 aliphatic rings. The van der Waals surface area contributed by atoms with Gasteiger partial charge in [0.1, 0.15) is 16.3 Å². The van der Waals surface area contributed by atoms with Crippen molar-refractivity contribution in [2.24, 2.45) is 0 Å². The highest BCUT2D eigenvalue weighted by Gasteiger charge is 2.18. The molecule has 2 aromatic heterocycles. The number of rotatable bonds is 4. The maximum Gasteiger partial charge on any atom is 0.348 e. The van der Waals surface area contributed by atoms with Crippen LogP contribution in [0.25, 0.3) is 15.9 Å². The number of thiophene rings is 1. The minimum Gasteiger partial charge on any atom is -0.457 e. The van der Waals surface area contributed by atoms with Crippen LogP contribution in [0.2, 0.25) is 0 Å². The van der Waals surface area contributed by atoms with Gasteiger partial charge in [0.2, 0.25) is 0 Å². The molecule has 0 aliphatic carbocycles. The van der Waals surface area contributed by atoms with Crippen LogP contribution in [0.1, 0.15) is 20.9 Å². The molecule has 0 unspecified atom stereocenters. The van der Waals surface area contributed by atoms with Crippen molar-refractivity contribution >= 4 is 27.5 Å². The average molecular weight is 384 g/mol. The van der Waals surface area contributed by atoms with Crippen LogP contribution in [0.4, 0.5) is 8.78 Å². The maximum atomic E-state index is 13.3. The van der Waals surface area contributed by atoms with Gasteiger partial charge in [-0.25, -0.2) is 18.3 Å². The summed E-state index contributed by atoms with van der Waals surface area (Å²) in [5.74, 6) is -2.42. The molecule has 7 heteroatoms. The first-order valence-electron chi connectivity index (χ1n) is 8.18. The molecule has 4 nitrogen and oxygen atoms in total. The molecule has 0 saturated carbocycles. The van der Waals surface area contributed by atoms with Crippen LogP contribution >= 0.6 is 11.3 Å². The van der Waals surface area contributed by atoms with Crippen LogP contribution in [0.3, 0.4) is 0 Å². The second kappa shape index (κ2) is 6.92. The second-order valence-electron chi connectivity index (χ2n) is 5.99. The van der Waals surface area contributed by atoms with Crippen molar-refractivity contribution in [1.82, 2.24) is 9.78 Å². The number of hydrogen-bond donors (Lipinski definition) is 0. The van der Waals surface area contributed by atoms with E-state index in [1.54, 1.807) is 10.7 Å². The fourth-order valence-corrected chi connectivity index (χ4v) is 3.82. The van der Waals surface area contributed by atoms with E-state index in [1.165, 1.54) is 17.4 Å². The molecular formula is C20H14F2N2O2S. The molecule has 0 amide bonds. The molecule has 0 aliphatic heterocycles. The standard InChI is InChI=1S/C20H14F2N2O2S/c1-12-15-10-18(20(25)26-11-13-7-8-16(21)17(22)9-13)27-19(15)24(23-12)14-5-3-2-4-6-14/h2-10H,11H2,1H3. The van der Waals surface area contributed by atoms with Crippen LogP contribution in [0.15, 0.2) is 54.6 Å². The molecular weight excluding hydrogens is 370 g/mol. The number of para-hydroxylation sites is 1. The summed E-state index contributed by atoms with van der Waals surface area (Å²) < 4.78 is 33.3. The molecule has 0 fully saturated rings. The highest BCUT2D eigenvalue weighted by Crippen LogP contribution is 2.31. The fraction of sp³-hybridized carbons (Fsp3) is 0.100. The summed E-state index contributed by atoms with van der Waals surface area (Å²) in [6.07, 6.45) is 0. The van der Waals surface area contributed by atoms with Gasteiger partial charge >= 0.3 is 5.97 Å². The number of nitrogens with zero attached hydrogens (tertiary/aromatic N) is 2. The largest absolute Gasteiger partial charge is 0.457 e. The van der Waals surface area contributed by atoms with Gasteiger partial charge in [-0.2, -0.15) is 5.10 Å². The van der Waals surface area contributed by atoms with E-state index in [-0.39, 0.29) is 6.61 Å². The number of benzene rings is 2. The van der Waals surface area contributed by atoms with E-state index >= 15 is 0 Å². The van der Waals surface area contributed by atoms with Gasteiger partial charge in [0.25, 0.3) is 0 Å². The van der Waals surface area contributed by atoms with E-state index < -0.39 is 17.6 Å². The second-order valence-corrected chi connectivity index (χ2v) is 7.02. The number of esters is 1. The molecule has 27 heavy (non-hydrogen) atoms. The van der Waals surface area contributed by atoms with Gasteiger partial charge in [-0.15, -0.1) is 11.3 Å². The Morgan fingerprint density at radius 3 is 2.63 bits per heavy atom. The van der Waals surface area contributed by atoms with E-state index in [0.717, 1.165) is 33.7 Å². The quantitative estimate of drug-likeness (QED) is 0.464. The zero-order valence-corrected chi connectivity index (χ0v) is 15.1. The molecule has 4 rings (SSSR count). The van der Waals surface area contributed by atoms with Crippen molar-refractivity contribution in [2.75, 3.05) is 0 Å². The highest BCUT2D eigenvalue weighted by atomic mass is 32.1. The maximum absolute atomic E-state index is 13.3. The minimum absolute atomic E-state index is 0.131. The summed E-state index contributed by atoms with van der Waals surface area (Å²) in [7, 11) is 0. The van der Waals surface area contributed by atoms with Gasteiger partial charge in [0.05, 0.1) is 11.4 Å². The lowest BCUT2D eigenvalue weighted by Crippen LogP contribution is -2.04. The summed E-state index contributed by atoms with van der Waals surface area (Å²) in [5, 5.41) is 5.41. The van der Waals surface area contributed by atoms with Crippen molar-refractivity contribution in [2.45, 2.75) is 13.5 Å². The Balaban J connectivity index is 1.58. The third-order valence-corrected chi connectivity index (χ3v) is 5.19. The van der Waals surface area contributed by atoms with Crippen molar-refractivity contribution in [1.29, 1.82) is 0 Å². The summed E-state index contributed by atoms with van der Waals surface area (Å²) >= 11 is 1.28. The van der Waals surface area contributed by atoms with Crippen LogP contribution in [0.5, 0.6) is 0 Å². The zero-order valence-electron chi connectivity index (χ0n) is 14.3. The predicted molar refractivity (Wildman–Crippen MR) is 99.2 cm³/mol. The van der Waals surface area contributed by atoms with Crippen LogP contribution in [0, 0.1) is 18.6 Å². The first-order valence-corrected chi connectivity index (χ1v) is 9.00. The van der Waals surface area contributed by atoms with Crippen LogP contribution in [-0.2, 0) is 11.3 Å². The molecule has 0 saturated heterocycles. The van der Waals surface area contributed by atoms with E-state index in [1.807, 2.05) is 37.3 Å². The smallest absolute Gasteiger partial charge is 0.348 e. The number of hydrogen-bond acceptors (Lipinski definition) is 4. The summed E-state index contributed by atoms with van der Waals surface area (Å²) in [5.41, 5.74) is 2.10. The van der Waals surface area contributed by atoms with Crippen molar-refractivity contribution in [3.8, 4) is 5.69 Å². The third-order valence-electron chi connectivity index (χ3n) is 4.10. The fourth-order valence-electron chi connectivity index (χ4n) is 2.74. The molecule has 0 atom stereocenters. The Hall–Kier alpha value is -3.06. The number of fused-ring (bicyclic) bond motifs is 1. The Bertz CT molecular complexity index is 1140. The average Bonchev–Trinajstić information content (AvgIpc) is 3.24. The first kappa shape index (κ1) is 17.4. The topological polar surface area (TPSA) is 44.1 Å². The van der Waals surface area contributed by atoms with Crippen LogP contribution < -0.4 is 0 Å². The molecule has 0 spiro atoms. The predicted octanol–water partition coefficient (Wildman–Crippen LogP) is 5.03. The lowest BCUT2D eigenvalue weighted by Gasteiger charge is -2.04. The van der Waals surface area contributed by atoms with Crippen molar-refractivity contribution in [3.63, 3.8) is 0 Å². The van der Waals surface area contributed by atoms with E-state index in [9.17, 15) is 13.6 Å². The monoisotopic (exact) mass is 384 g/mol. The molecule has 136 valence electrons. The van der Waals surface area contributed by atoms with Crippen molar-refractivity contribution < 1.29 is 18.3 Å². The van der Waals surface area contributed by atoms with Gasteiger partial charge in [-0.05, 0) is 42.8 Å². The Labute approximate surface area is 157 Å². The summed E-state index contributed by atoms with van der Waals surface area (Å²) in [6.45, 7) is 1.75. The minimum atomic E-state index is -0.969. The molecule has 2 heterocycles. The first-order chi connectivity index (χ1) is 13.0. The van der Waals surface area contributed by atoms with Crippen LogP contribution in [-0.4, -0.2) is 15.7 Å². The lowest BCUT2D eigenvalue weighted by molar-refractivity contribution is 0.0478. The SMILES string of the molecule is Cc1nn(-c2ccccc2)c2sc(C(=O)OCc3ccc(F)c(F)c3)cc12. The summed E-state index contributed by atoms with van der Waals surface area (Å²) in [6, 6.07) is 14.8. The number of carbonyl (C=O) groups excluding carboxylic acids is 1. The number of halogens is 2. The Morgan fingerprint density at radius 2 is 1.89 bits per heavy atom. The van der Waals surface area contributed by atoms with Gasteiger partial charge in [-0.3, -0.25) is 0 Å². The Morgan fingerprint density at radius 1 is 1.11 bits per heavy atom. The number of carbonyl (C=O) groups is 1. The van der Waals surface area contributed by atoms with E-state index in [2.05, 4.69) is 5.10 Å². The molecule has 0 radical (unpaired) electrons. The van der Waals surface area contributed by atoms with Gasteiger partial charge in [-0.1, -0.05) is 24.3 Å². The Kier molecular flexibility index (Phi) is 4.45. The number of aromatic nitrogens is 2. The molecule has 0 N–H and O–H groups in total. The zero-order chi connectivity index (χ0) is 19.0.